The van der Waals surface area contributed by atoms with Crippen molar-refractivity contribution in [2.24, 2.45) is 0 Å². The first-order valence-electron chi connectivity index (χ1n) is 8.21. The molecule has 1 aliphatic rings. The largest absolute Gasteiger partial charge is 0.507 e. The zero-order valence-electron chi connectivity index (χ0n) is 13.5. The van der Waals surface area contributed by atoms with E-state index in [0.29, 0.717) is 24.3 Å². The van der Waals surface area contributed by atoms with Gasteiger partial charge in [-0.15, -0.1) is 0 Å². The summed E-state index contributed by atoms with van der Waals surface area (Å²) in [6.07, 6.45) is 4.72. The van der Waals surface area contributed by atoms with Crippen molar-refractivity contribution in [3.05, 3.63) is 39.2 Å². The van der Waals surface area contributed by atoms with Gasteiger partial charge >= 0.3 is 5.63 Å². The maximum absolute atomic E-state index is 12.3. The molecule has 1 aliphatic carbocycles. The molecule has 0 saturated heterocycles. The summed E-state index contributed by atoms with van der Waals surface area (Å²) in [5.74, 6) is 0.163. The third kappa shape index (κ3) is 3.26. The Kier molecular flexibility index (Phi) is 4.98. The highest BCUT2D eigenvalue weighted by molar-refractivity contribution is 5.86. The fraction of sp³-hybridized carbons (Fsp3) is 0.500. The Labute approximate surface area is 135 Å². The molecule has 23 heavy (non-hydrogen) atoms. The fourth-order valence-electron chi connectivity index (χ4n) is 3.28. The van der Waals surface area contributed by atoms with Gasteiger partial charge in [-0.25, -0.2) is 4.79 Å². The Morgan fingerprint density at radius 1 is 1.26 bits per heavy atom. The molecule has 0 unspecified atom stereocenters. The van der Waals surface area contributed by atoms with Crippen molar-refractivity contribution in [1.29, 1.82) is 0 Å². The standard InChI is InChI=1S/C18H23NO4/c1-22-10-4-9-19-11-15-16(20)8-7-13-12-5-2-3-6-14(12)18(21)23-17(13)15/h7-8,19-20H,2-6,9-11H2,1H3. The smallest absolute Gasteiger partial charge is 0.339 e. The number of rotatable bonds is 6. The van der Waals surface area contributed by atoms with Gasteiger partial charge in [-0.1, -0.05) is 0 Å². The minimum Gasteiger partial charge on any atom is -0.507 e. The van der Waals surface area contributed by atoms with Gasteiger partial charge in [0.25, 0.3) is 0 Å². The molecule has 0 bridgehead atoms. The summed E-state index contributed by atoms with van der Waals surface area (Å²) in [5, 5.41) is 14.4. The van der Waals surface area contributed by atoms with Crippen molar-refractivity contribution in [3.63, 3.8) is 0 Å². The highest BCUT2D eigenvalue weighted by atomic mass is 16.5. The predicted octanol–water partition coefficient (Wildman–Crippen LogP) is 2.50. The van der Waals surface area contributed by atoms with Crippen LogP contribution in [0.5, 0.6) is 5.75 Å². The highest BCUT2D eigenvalue weighted by Gasteiger charge is 2.20. The Morgan fingerprint density at radius 3 is 2.83 bits per heavy atom. The number of aromatic hydroxyl groups is 1. The maximum Gasteiger partial charge on any atom is 0.339 e. The summed E-state index contributed by atoms with van der Waals surface area (Å²) in [5.41, 5.74) is 2.84. The zero-order valence-corrected chi connectivity index (χ0v) is 13.5. The number of benzene rings is 1. The van der Waals surface area contributed by atoms with Crippen molar-refractivity contribution < 1.29 is 14.3 Å². The minimum atomic E-state index is -0.251. The van der Waals surface area contributed by atoms with Gasteiger partial charge < -0.3 is 19.6 Å². The number of fused-ring (bicyclic) bond motifs is 3. The summed E-state index contributed by atoms with van der Waals surface area (Å²) < 4.78 is 10.6. The molecule has 3 rings (SSSR count). The zero-order chi connectivity index (χ0) is 16.2. The lowest BCUT2D eigenvalue weighted by atomic mass is 9.90. The van der Waals surface area contributed by atoms with E-state index in [1.807, 2.05) is 6.07 Å². The topological polar surface area (TPSA) is 71.7 Å². The van der Waals surface area contributed by atoms with Gasteiger partial charge in [0, 0.05) is 31.2 Å². The third-order valence-electron chi connectivity index (χ3n) is 4.47. The number of hydrogen-bond donors (Lipinski definition) is 2. The van der Waals surface area contributed by atoms with Crippen molar-refractivity contribution in [2.45, 2.75) is 38.6 Å². The molecule has 2 N–H and O–H groups in total. The maximum atomic E-state index is 12.3. The van der Waals surface area contributed by atoms with E-state index >= 15 is 0 Å². The fourth-order valence-corrected chi connectivity index (χ4v) is 3.28. The number of hydrogen-bond acceptors (Lipinski definition) is 5. The van der Waals surface area contributed by atoms with E-state index in [1.54, 1.807) is 13.2 Å². The lowest BCUT2D eigenvalue weighted by molar-refractivity contribution is 0.194. The van der Waals surface area contributed by atoms with Gasteiger partial charge in [-0.3, -0.25) is 0 Å². The molecule has 5 heteroatoms. The Hall–Kier alpha value is -1.85. The molecule has 5 nitrogen and oxygen atoms in total. The summed E-state index contributed by atoms with van der Waals surface area (Å²) in [4.78, 5) is 12.3. The molecule has 124 valence electrons. The Balaban J connectivity index is 1.95. The van der Waals surface area contributed by atoms with E-state index in [-0.39, 0.29) is 11.4 Å². The predicted molar refractivity (Wildman–Crippen MR) is 89.0 cm³/mol. The number of phenolic OH excluding ortho intramolecular Hbond substituents is 1. The van der Waals surface area contributed by atoms with E-state index < -0.39 is 0 Å². The molecule has 0 aliphatic heterocycles. The van der Waals surface area contributed by atoms with Crippen LogP contribution in [0.1, 0.15) is 36.0 Å². The van der Waals surface area contributed by atoms with Crippen LogP contribution in [0.2, 0.25) is 0 Å². The summed E-state index contributed by atoms with van der Waals surface area (Å²) in [6.45, 7) is 1.94. The average molecular weight is 317 g/mol. The molecule has 0 atom stereocenters. The molecule has 1 heterocycles. The number of phenols is 1. The van der Waals surface area contributed by atoms with Crippen LogP contribution >= 0.6 is 0 Å². The number of nitrogens with one attached hydrogen (secondary N) is 1. The van der Waals surface area contributed by atoms with E-state index in [2.05, 4.69) is 5.32 Å². The lowest BCUT2D eigenvalue weighted by Gasteiger charge is -2.18. The van der Waals surface area contributed by atoms with Crippen molar-refractivity contribution >= 4 is 11.0 Å². The van der Waals surface area contributed by atoms with Crippen molar-refractivity contribution in [1.82, 2.24) is 5.32 Å². The van der Waals surface area contributed by atoms with Crippen LogP contribution in [0.25, 0.3) is 11.0 Å². The van der Waals surface area contributed by atoms with Gasteiger partial charge in [0.1, 0.15) is 11.3 Å². The van der Waals surface area contributed by atoms with Crippen LogP contribution in [-0.2, 0) is 24.1 Å². The summed E-state index contributed by atoms with van der Waals surface area (Å²) >= 11 is 0. The van der Waals surface area contributed by atoms with Gasteiger partial charge in [0.05, 0.1) is 5.56 Å². The molecule has 1 aromatic carbocycles. The molecular weight excluding hydrogens is 294 g/mol. The number of ether oxygens (including phenoxy) is 1. The van der Waals surface area contributed by atoms with E-state index in [0.717, 1.165) is 55.2 Å². The molecule has 0 amide bonds. The quantitative estimate of drug-likeness (QED) is 0.633. The molecule has 2 aromatic rings. The molecule has 0 saturated carbocycles. The molecule has 0 fully saturated rings. The molecule has 1 aromatic heterocycles. The van der Waals surface area contributed by atoms with E-state index in [4.69, 9.17) is 9.15 Å². The Morgan fingerprint density at radius 2 is 2.04 bits per heavy atom. The van der Waals surface area contributed by atoms with Crippen LogP contribution in [0, 0.1) is 0 Å². The van der Waals surface area contributed by atoms with Crippen LogP contribution in [0.4, 0.5) is 0 Å². The average Bonchev–Trinajstić information content (AvgIpc) is 2.57. The first-order valence-corrected chi connectivity index (χ1v) is 8.21. The van der Waals surface area contributed by atoms with Crippen LogP contribution in [0.15, 0.2) is 21.3 Å². The molecule has 0 radical (unpaired) electrons. The van der Waals surface area contributed by atoms with Gasteiger partial charge in [-0.2, -0.15) is 0 Å². The van der Waals surface area contributed by atoms with E-state index in [1.165, 1.54) is 0 Å². The number of methoxy groups -OCH3 is 1. The van der Waals surface area contributed by atoms with Crippen LogP contribution in [0.3, 0.4) is 0 Å². The van der Waals surface area contributed by atoms with Crippen LogP contribution < -0.4 is 10.9 Å². The normalized spacial score (nSPS) is 14.1. The molecular formula is C18H23NO4. The third-order valence-corrected chi connectivity index (χ3v) is 4.47. The summed E-state index contributed by atoms with van der Waals surface area (Å²) in [6, 6.07) is 3.57. The van der Waals surface area contributed by atoms with E-state index in [9.17, 15) is 9.90 Å². The second kappa shape index (κ2) is 7.15. The van der Waals surface area contributed by atoms with Gasteiger partial charge in [-0.05, 0) is 56.3 Å². The monoisotopic (exact) mass is 317 g/mol. The highest BCUT2D eigenvalue weighted by Crippen LogP contribution is 2.32. The van der Waals surface area contributed by atoms with Gasteiger partial charge in [0.15, 0.2) is 0 Å². The van der Waals surface area contributed by atoms with Crippen molar-refractivity contribution in [2.75, 3.05) is 20.3 Å². The minimum absolute atomic E-state index is 0.163. The number of aryl methyl sites for hydroxylation is 1. The second-order valence-corrected chi connectivity index (χ2v) is 6.02. The second-order valence-electron chi connectivity index (χ2n) is 6.02. The van der Waals surface area contributed by atoms with Crippen molar-refractivity contribution in [3.8, 4) is 5.75 Å². The van der Waals surface area contributed by atoms with Crippen LogP contribution in [-0.4, -0.2) is 25.4 Å². The Bertz CT molecular complexity index is 751. The molecule has 0 spiro atoms. The first kappa shape index (κ1) is 16.0. The SMILES string of the molecule is COCCCNCc1c(O)ccc2c3c(c(=O)oc12)CCCC3. The summed E-state index contributed by atoms with van der Waals surface area (Å²) in [7, 11) is 1.67. The van der Waals surface area contributed by atoms with Gasteiger partial charge in [0.2, 0.25) is 0 Å². The lowest BCUT2D eigenvalue weighted by Crippen LogP contribution is -2.19. The first-order chi connectivity index (χ1) is 11.2.